The molecule has 5 heteroatoms. The van der Waals surface area contributed by atoms with Gasteiger partial charge in [0.2, 0.25) is 5.91 Å². The Morgan fingerprint density at radius 1 is 1.20 bits per heavy atom. The first-order chi connectivity index (χ1) is 12.0. The minimum Gasteiger partial charge on any atom is -0.310 e. The topological polar surface area (TPSA) is 46.9 Å². The summed E-state index contributed by atoms with van der Waals surface area (Å²) in [5.74, 6) is 0.741. The largest absolute Gasteiger partial charge is 0.310 e. The highest BCUT2D eigenvalue weighted by Gasteiger charge is 2.30. The molecule has 0 unspecified atom stereocenters. The fourth-order valence-corrected chi connectivity index (χ4v) is 3.58. The van der Waals surface area contributed by atoms with E-state index < -0.39 is 0 Å². The average molecular weight is 352 g/mol. The minimum absolute atomic E-state index is 0.000405. The van der Waals surface area contributed by atoms with Crippen molar-refractivity contribution in [1.29, 1.82) is 0 Å². The van der Waals surface area contributed by atoms with Crippen molar-refractivity contribution in [1.82, 2.24) is 9.78 Å². The van der Waals surface area contributed by atoms with Crippen molar-refractivity contribution in [3.05, 3.63) is 75.9 Å². The van der Waals surface area contributed by atoms with Gasteiger partial charge in [0.05, 0.1) is 11.9 Å². The quantitative estimate of drug-likeness (QED) is 0.732. The number of aryl methyl sites for hydroxylation is 1. The van der Waals surface area contributed by atoms with Gasteiger partial charge in [0, 0.05) is 22.9 Å². The van der Waals surface area contributed by atoms with Crippen LogP contribution in [0, 0.1) is 13.8 Å². The Labute approximate surface area is 151 Å². The summed E-state index contributed by atoms with van der Waals surface area (Å²) in [5.41, 5.74) is 5.16. The summed E-state index contributed by atoms with van der Waals surface area (Å²) in [7, 11) is 0. The molecule has 0 radical (unpaired) electrons. The maximum absolute atomic E-state index is 12.3. The average Bonchev–Trinajstić information content (AvgIpc) is 3.00. The van der Waals surface area contributed by atoms with Crippen molar-refractivity contribution < 1.29 is 4.79 Å². The Balaban J connectivity index is 1.86. The van der Waals surface area contributed by atoms with Crippen molar-refractivity contribution in [2.24, 2.45) is 0 Å². The SMILES string of the molecule is Cc1cccc([C@H]2CC(=O)Nc3c2cnn3-c2cccc(Cl)c2C)c1. The molecule has 0 bridgehead atoms. The molecule has 2 aromatic carbocycles. The van der Waals surface area contributed by atoms with Crippen molar-refractivity contribution >= 4 is 23.3 Å². The molecule has 0 saturated heterocycles. The highest BCUT2D eigenvalue weighted by atomic mass is 35.5. The molecule has 1 amide bonds. The van der Waals surface area contributed by atoms with E-state index in [1.165, 1.54) is 5.56 Å². The van der Waals surface area contributed by atoms with Gasteiger partial charge in [-0.05, 0) is 37.1 Å². The zero-order valence-electron chi connectivity index (χ0n) is 14.1. The third kappa shape index (κ3) is 2.72. The first kappa shape index (κ1) is 15.9. The fourth-order valence-electron chi connectivity index (χ4n) is 3.41. The van der Waals surface area contributed by atoms with Crippen LogP contribution in [0.1, 0.15) is 34.6 Å². The number of aromatic nitrogens is 2. The molecule has 1 atom stereocenters. The first-order valence-electron chi connectivity index (χ1n) is 8.24. The predicted molar refractivity (Wildman–Crippen MR) is 99.6 cm³/mol. The molecule has 1 N–H and O–H groups in total. The van der Waals surface area contributed by atoms with Gasteiger partial charge in [0.1, 0.15) is 5.82 Å². The van der Waals surface area contributed by atoms with Crippen LogP contribution >= 0.6 is 11.6 Å². The maximum atomic E-state index is 12.3. The maximum Gasteiger partial charge on any atom is 0.226 e. The third-order valence-corrected chi connectivity index (χ3v) is 5.14. The van der Waals surface area contributed by atoms with Crippen LogP contribution in [0.2, 0.25) is 5.02 Å². The number of amides is 1. The summed E-state index contributed by atoms with van der Waals surface area (Å²) in [6.07, 6.45) is 2.28. The monoisotopic (exact) mass is 351 g/mol. The molecule has 4 rings (SSSR count). The Morgan fingerprint density at radius 3 is 2.80 bits per heavy atom. The summed E-state index contributed by atoms with van der Waals surface area (Å²) in [6.45, 7) is 4.01. The summed E-state index contributed by atoms with van der Waals surface area (Å²) in [6, 6.07) is 14.0. The number of anilines is 1. The van der Waals surface area contributed by atoms with E-state index in [1.807, 2.05) is 37.4 Å². The van der Waals surface area contributed by atoms with Crippen LogP contribution in [0.5, 0.6) is 0 Å². The number of fused-ring (bicyclic) bond motifs is 1. The minimum atomic E-state index is 0.000405. The van der Waals surface area contributed by atoms with Crippen LogP contribution in [0.4, 0.5) is 5.82 Å². The number of nitrogens with one attached hydrogen (secondary N) is 1. The van der Waals surface area contributed by atoms with Gasteiger partial charge >= 0.3 is 0 Å². The lowest BCUT2D eigenvalue weighted by Crippen LogP contribution is -2.24. The molecule has 0 spiro atoms. The predicted octanol–water partition coefficient (Wildman–Crippen LogP) is 4.62. The van der Waals surface area contributed by atoms with Crippen LogP contribution in [0.3, 0.4) is 0 Å². The van der Waals surface area contributed by atoms with Gasteiger partial charge in [-0.1, -0.05) is 47.5 Å². The van der Waals surface area contributed by atoms with Crippen molar-refractivity contribution in [2.75, 3.05) is 5.32 Å². The summed E-state index contributed by atoms with van der Waals surface area (Å²) >= 11 is 6.26. The van der Waals surface area contributed by atoms with Crippen LogP contribution in [-0.2, 0) is 4.79 Å². The van der Waals surface area contributed by atoms with E-state index in [-0.39, 0.29) is 11.8 Å². The van der Waals surface area contributed by atoms with Crippen LogP contribution in [0.25, 0.3) is 5.69 Å². The second-order valence-corrected chi connectivity index (χ2v) is 6.87. The van der Waals surface area contributed by atoms with E-state index in [1.54, 1.807) is 4.68 Å². The molecule has 4 nitrogen and oxygen atoms in total. The molecule has 126 valence electrons. The highest BCUT2D eigenvalue weighted by Crippen LogP contribution is 2.38. The van der Waals surface area contributed by atoms with Crippen molar-refractivity contribution in [2.45, 2.75) is 26.2 Å². The van der Waals surface area contributed by atoms with E-state index in [9.17, 15) is 4.79 Å². The lowest BCUT2D eigenvalue weighted by molar-refractivity contribution is -0.116. The van der Waals surface area contributed by atoms with Gasteiger partial charge < -0.3 is 5.32 Å². The molecule has 0 aliphatic carbocycles. The molecule has 1 aliphatic heterocycles. The molecule has 3 aromatic rings. The Kier molecular flexibility index (Phi) is 3.85. The number of carbonyl (C=O) groups is 1. The Morgan fingerprint density at radius 2 is 2.00 bits per heavy atom. The standard InChI is InChI=1S/C20H18ClN3O/c1-12-5-3-6-14(9-12)15-10-19(25)23-20-16(15)11-22-24(20)18-8-4-7-17(21)13(18)2/h3-9,11,15H,10H2,1-2H3,(H,23,25)/t15-/m1/s1. The Bertz CT molecular complexity index is 977. The number of hydrogen-bond donors (Lipinski definition) is 1. The smallest absolute Gasteiger partial charge is 0.226 e. The van der Waals surface area contributed by atoms with Gasteiger partial charge in [-0.2, -0.15) is 5.10 Å². The van der Waals surface area contributed by atoms with Gasteiger partial charge in [0.15, 0.2) is 0 Å². The Hall–Kier alpha value is -2.59. The van der Waals surface area contributed by atoms with Crippen molar-refractivity contribution in [3.8, 4) is 5.69 Å². The lowest BCUT2D eigenvalue weighted by atomic mass is 9.87. The van der Waals surface area contributed by atoms with E-state index in [0.29, 0.717) is 11.4 Å². The van der Waals surface area contributed by atoms with Crippen molar-refractivity contribution in [3.63, 3.8) is 0 Å². The number of hydrogen-bond acceptors (Lipinski definition) is 2. The molecular weight excluding hydrogens is 334 g/mol. The van der Waals surface area contributed by atoms with E-state index in [4.69, 9.17) is 11.6 Å². The number of carbonyl (C=O) groups excluding carboxylic acids is 1. The van der Waals surface area contributed by atoms with Gasteiger partial charge in [-0.25, -0.2) is 4.68 Å². The molecule has 2 heterocycles. The summed E-state index contributed by atoms with van der Waals surface area (Å²) in [4.78, 5) is 12.3. The normalized spacial score (nSPS) is 16.4. The zero-order valence-corrected chi connectivity index (χ0v) is 14.8. The molecule has 25 heavy (non-hydrogen) atoms. The van der Waals surface area contributed by atoms with Crippen LogP contribution in [-0.4, -0.2) is 15.7 Å². The molecular formula is C20H18ClN3O. The number of rotatable bonds is 2. The van der Waals surface area contributed by atoms with Crippen LogP contribution < -0.4 is 5.32 Å². The van der Waals surface area contributed by atoms with Gasteiger partial charge in [-0.3, -0.25) is 4.79 Å². The number of benzene rings is 2. The summed E-state index contributed by atoms with van der Waals surface area (Å²) < 4.78 is 1.77. The van der Waals surface area contributed by atoms with E-state index in [2.05, 4.69) is 35.5 Å². The number of nitrogens with zero attached hydrogens (tertiary/aromatic N) is 2. The second kappa shape index (κ2) is 6.05. The lowest BCUT2D eigenvalue weighted by Gasteiger charge is -2.24. The molecule has 1 aromatic heterocycles. The first-order valence-corrected chi connectivity index (χ1v) is 8.62. The molecule has 1 aliphatic rings. The third-order valence-electron chi connectivity index (χ3n) is 4.73. The van der Waals surface area contributed by atoms with Crippen LogP contribution in [0.15, 0.2) is 48.7 Å². The summed E-state index contributed by atoms with van der Waals surface area (Å²) in [5, 5.41) is 8.21. The second-order valence-electron chi connectivity index (χ2n) is 6.46. The molecule has 0 saturated carbocycles. The van der Waals surface area contributed by atoms with E-state index in [0.717, 1.165) is 28.2 Å². The number of halogens is 1. The van der Waals surface area contributed by atoms with Gasteiger partial charge in [0.25, 0.3) is 0 Å². The van der Waals surface area contributed by atoms with E-state index >= 15 is 0 Å². The van der Waals surface area contributed by atoms with Gasteiger partial charge in [-0.15, -0.1) is 0 Å². The molecule has 0 fully saturated rings. The fraction of sp³-hybridized carbons (Fsp3) is 0.200. The zero-order chi connectivity index (χ0) is 17.6. The highest BCUT2D eigenvalue weighted by molar-refractivity contribution is 6.31.